The van der Waals surface area contributed by atoms with Gasteiger partial charge in [0.25, 0.3) is 0 Å². The quantitative estimate of drug-likeness (QED) is 0.359. The fourth-order valence-corrected chi connectivity index (χ4v) is 3.95. The Morgan fingerprint density at radius 1 is 0.893 bits per heavy atom. The van der Waals surface area contributed by atoms with Crippen LogP contribution in [0, 0.1) is 0 Å². The predicted octanol–water partition coefficient (Wildman–Crippen LogP) is 6.73. The Bertz CT molecular complexity index is 1310. The maximum absolute atomic E-state index is 12.9. The molecule has 0 bridgehead atoms. The van der Waals surface area contributed by atoms with Gasteiger partial charge in [0, 0.05) is 17.0 Å². The largest absolute Gasteiger partial charge is 0.456 e. The van der Waals surface area contributed by atoms with Gasteiger partial charge in [-0.2, -0.15) is 0 Å². The average molecular weight is 385 g/mol. The molecule has 4 aromatic rings. The maximum Gasteiger partial charge on any atom is 0.200 e. The van der Waals surface area contributed by atoms with Crippen LogP contribution in [0.25, 0.3) is 27.5 Å². The Morgan fingerprint density at radius 3 is 2.54 bits per heavy atom. The van der Waals surface area contributed by atoms with Crippen LogP contribution in [0.5, 0.6) is 0 Å². The molecule has 0 amide bonds. The number of fused-ring (bicyclic) bond motifs is 2. The van der Waals surface area contributed by atoms with E-state index >= 15 is 0 Å². The summed E-state index contributed by atoms with van der Waals surface area (Å²) in [6, 6.07) is 21.4. The second kappa shape index (κ2) is 6.81. The molecule has 0 aliphatic heterocycles. The second-order valence-corrected chi connectivity index (χ2v) is 7.49. The van der Waals surface area contributed by atoms with Gasteiger partial charge in [0.05, 0.1) is 10.8 Å². The molecule has 2 nitrogen and oxygen atoms in total. The molecule has 3 aromatic carbocycles. The Labute approximate surface area is 167 Å². The SMILES string of the molecule is O=c1c2ccc(Cl)cc2oc2ccc(C3C=CC(c4ccccc4)=CC3)cc12. The summed E-state index contributed by atoms with van der Waals surface area (Å²) >= 11 is 6.03. The fourth-order valence-electron chi connectivity index (χ4n) is 3.79. The predicted molar refractivity (Wildman–Crippen MR) is 116 cm³/mol. The van der Waals surface area contributed by atoms with Gasteiger partial charge in [0.1, 0.15) is 11.2 Å². The molecule has 0 saturated carbocycles. The summed E-state index contributed by atoms with van der Waals surface area (Å²) in [7, 11) is 0. The Balaban J connectivity index is 1.52. The molecule has 0 N–H and O–H groups in total. The van der Waals surface area contributed by atoms with Crippen LogP contribution in [0.2, 0.25) is 5.02 Å². The highest BCUT2D eigenvalue weighted by atomic mass is 35.5. The zero-order chi connectivity index (χ0) is 19.1. The van der Waals surface area contributed by atoms with E-state index in [0.29, 0.717) is 27.0 Å². The van der Waals surface area contributed by atoms with E-state index in [1.807, 2.05) is 24.3 Å². The number of allylic oxidation sites excluding steroid dienone is 4. The number of rotatable bonds is 2. The van der Waals surface area contributed by atoms with Gasteiger partial charge in [-0.25, -0.2) is 0 Å². The molecule has 1 aromatic heterocycles. The standard InChI is InChI=1S/C25H17ClO2/c26-20-11-12-21-24(15-20)28-23-13-10-19(14-22(23)25(21)27)18-8-6-17(7-9-18)16-4-2-1-3-5-16/h1-8,10-15,18H,9H2. The second-order valence-electron chi connectivity index (χ2n) is 7.05. The molecule has 1 aliphatic rings. The first-order valence-corrected chi connectivity index (χ1v) is 9.67. The zero-order valence-corrected chi connectivity index (χ0v) is 15.8. The van der Waals surface area contributed by atoms with Crippen molar-refractivity contribution in [2.75, 3.05) is 0 Å². The lowest BCUT2D eigenvalue weighted by atomic mass is 9.88. The number of benzene rings is 3. The van der Waals surface area contributed by atoms with Crippen molar-refractivity contribution in [2.24, 2.45) is 0 Å². The minimum absolute atomic E-state index is 0.0185. The lowest BCUT2D eigenvalue weighted by molar-refractivity contribution is 0.659. The van der Waals surface area contributed by atoms with Gasteiger partial charge in [-0.05, 0) is 47.4 Å². The maximum atomic E-state index is 12.9. The molecule has 3 heteroatoms. The Kier molecular flexibility index (Phi) is 4.14. The molecule has 5 rings (SSSR count). The lowest BCUT2D eigenvalue weighted by Crippen LogP contribution is -2.04. The van der Waals surface area contributed by atoms with Crippen molar-refractivity contribution in [1.82, 2.24) is 0 Å². The highest BCUT2D eigenvalue weighted by Crippen LogP contribution is 2.32. The van der Waals surface area contributed by atoms with Gasteiger partial charge < -0.3 is 4.42 Å². The zero-order valence-electron chi connectivity index (χ0n) is 15.1. The molecule has 0 fully saturated rings. The monoisotopic (exact) mass is 384 g/mol. The van der Waals surface area contributed by atoms with Crippen LogP contribution >= 0.6 is 11.6 Å². The first kappa shape index (κ1) is 17.0. The minimum Gasteiger partial charge on any atom is -0.456 e. The summed E-state index contributed by atoms with van der Waals surface area (Å²) in [6.07, 6.45) is 7.54. The Hall–Kier alpha value is -3.10. The third kappa shape index (κ3) is 2.96. The smallest absolute Gasteiger partial charge is 0.200 e. The van der Waals surface area contributed by atoms with Gasteiger partial charge in [0.2, 0.25) is 5.43 Å². The van der Waals surface area contributed by atoms with Gasteiger partial charge in [-0.15, -0.1) is 0 Å². The van der Waals surface area contributed by atoms with Crippen LogP contribution in [-0.4, -0.2) is 0 Å². The normalized spacial score (nSPS) is 16.5. The summed E-state index contributed by atoms with van der Waals surface area (Å²) in [5.74, 6) is 0.247. The van der Waals surface area contributed by atoms with Crippen molar-refractivity contribution in [3.63, 3.8) is 0 Å². The Morgan fingerprint density at radius 2 is 1.75 bits per heavy atom. The van der Waals surface area contributed by atoms with E-state index in [-0.39, 0.29) is 11.3 Å². The van der Waals surface area contributed by atoms with Crippen LogP contribution in [0.15, 0.2) is 94.2 Å². The molecular formula is C25H17ClO2. The van der Waals surface area contributed by atoms with E-state index in [0.717, 1.165) is 12.0 Å². The van der Waals surface area contributed by atoms with E-state index in [9.17, 15) is 4.79 Å². The number of halogens is 1. The molecule has 0 saturated heterocycles. The molecule has 136 valence electrons. The van der Waals surface area contributed by atoms with Crippen molar-refractivity contribution in [1.29, 1.82) is 0 Å². The third-order valence-corrected chi connectivity index (χ3v) is 5.53. The van der Waals surface area contributed by atoms with Crippen molar-refractivity contribution in [2.45, 2.75) is 12.3 Å². The number of hydrogen-bond acceptors (Lipinski definition) is 2. The molecule has 0 radical (unpaired) electrons. The van der Waals surface area contributed by atoms with Gasteiger partial charge in [-0.3, -0.25) is 4.79 Å². The summed E-state index contributed by atoms with van der Waals surface area (Å²) in [5.41, 5.74) is 4.67. The molecule has 1 unspecified atom stereocenters. The third-order valence-electron chi connectivity index (χ3n) is 5.29. The average Bonchev–Trinajstić information content (AvgIpc) is 2.74. The van der Waals surface area contributed by atoms with Crippen molar-refractivity contribution < 1.29 is 4.42 Å². The summed E-state index contributed by atoms with van der Waals surface area (Å²) in [6.45, 7) is 0. The van der Waals surface area contributed by atoms with Gasteiger partial charge in [-0.1, -0.05) is 66.2 Å². The fraction of sp³-hybridized carbons (Fsp3) is 0.0800. The molecule has 1 heterocycles. The van der Waals surface area contributed by atoms with Gasteiger partial charge in [0.15, 0.2) is 0 Å². The summed E-state index contributed by atoms with van der Waals surface area (Å²) in [5, 5.41) is 1.72. The highest BCUT2D eigenvalue weighted by molar-refractivity contribution is 6.31. The van der Waals surface area contributed by atoms with Crippen LogP contribution in [0.3, 0.4) is 0 Å². The molecule has 1 atom stereocenters. The van der Waals surface area contributed by atoms with Crippen molar-refractivity contribution in [3.8, 4) is 0 Å². The van der Waals surface area contributed by atoms with Crippen LogP contribution in [0.1, 0.15) is 23.5 Å². The summed E-state index contributed by atoms with van der Waals surface area (Å²) in [4.78, 5) is 12.9. The summed E-state index contributed by atoms with van der Waals surface area (Å²) < 4.78 is 5.91. The van der Waals surface area contributed by atoms with Crippen LogP contribution < -0.4 is 5.43 Å². The van der Waals surface area contributed by atoms with E-state index in [4.69, 9.17) is 16.0 Å². The molecule has 1 aliphatic carbocycles. The first-order valence-electron chi connectivity index (χ1n) is 9.29. The minimum atomic E-state index is -0.0185. The molecule has 28 heavy (non-hydrogen) atoms. The van der Waals surface area contributed by atoms with Crippen molar-refractivity contribution in [3.05, 3.63) is 111 Å². The van der Waals surface area contributed by atoms with Crippen LogP contribution in [-0.2, 0) is 0 Å². The van der Waals surface area contributed by atoms with E-state index < -0.39 is 0 Å². The van der Waals surface area contributed by atoms with E-state index in [1.54, 1.807) is 18.2 Å². The van der Waals surface area contributed by atoms with E-state index in [2.05, 4.69) is 42.5 Å². The van der Waals surface area contributed by atoms with Crippen molar-refractivity contribution >= 4 is 39.1 Å². The molecular weight excluding hydrogens is 368 g/mol. The molecule has 0 spiro atoms. The van der Waals surface area contributed by atoms with E-state index in [1.165, 1.54) is 11.1 Å². The first-order chi connectivity index (χ1) is 13.7. The number of hydrogen-bond donors (Lipinski definition) is 0. The topological polar surface area (TPSA) is 30.2 Å². The van der Waals surface area contributed by atoms with Gasteiger partial charge >= 0.3 is 0 Å². The lowest BCUT2D eigenvalue weighted by Gasteiger charge is -2.17. The highest BCUT2D eigenvalue weighted by Gasteiger charge is 2.15. The van der Waals surface area contributed by atoms with Crippen LogP contribution in [0.4, 0.5) is 0 Å².